The third-order valence-electron chi connectivity index (χ3n) is 2.60. The summed E-state index contributed by atoms with van der Waals surface area (Å²) in [6, 6.07) is 8.01. The fourth-order valence-electron chi connectivity index (χ4n) is 1.62. The minimum absolute atomic E-state index is 0.670. The second-order valence-electron chi connectivity index (χ2n) is 4.04. The number of rotatable bonds is 9. The molecule has 1 aromatic rings. The maximum atomic E-state index is 5.62. The molecule has 0 aliphatic heterocycles. The van der Waals surface area contributed by atoms with E-state index in [0.29, 0.717) is 6.61 Å². The van der Waals surface area contributed by atoms with E-state index >= 15 is 0 Å². The first-order chi connectivity index (χ1) is 8.36. The Labute approximate surface area is 110 Å². The maximum absolute atomic E-state index is 5.62. The summed E-state index contributed by atoms with van der Waals surface area (Å²) in [5.74, 6) is 1.88. The first kappa shape index (κ1) is 14.4. The molecular weight excluding hydrogens is 232 g/mol. The lowest BCUT2D eigenvalue weighted by Crippen LogP contribution is -1.96. The number of benzene rings is 1. The highest BCUT2D eigenvalue weighted by molar-refractivity contribution is 7.80. The second-order valence-corrected chi connectivity index (χ2v) is 4.49. The van der Waals surface area contributed by atoms with E-state index in [0.717, 1.165) is 24.5 Å². The van der Waals surface area contributed by atoms with Crippen molar-refractivity contribution < 1.29 is 9.47 Å². The van der Waals surface area contributed by atoms with Gasteiger partial charge in [-0.3, -0.25) is 0 Å². The highest BCUT2D eigenvalue weighted by Gasteiger charge is 1.96. The molecule has 1 aromatic carbocycles. The third-order valence-corrected chi connectivity index (χ3v) is 2.92. The lowest BCUT2D eigenvalue weighted by Gasteiger charge is -2.06. The highest BCUT2D eigenvalue weighted by Crippen LogP contribution is 2.13. The van der Waals surface area contributed by atoms with Crippen LogP contribution in [0.2, 0.25) is 0 Å². The van der Waals surface area contributed by atoms with E-state index < -0.39 is 0 Å². The number of ether oxygens (including phenoxy) is 2. The molecule has 0 saturated heterocycles. The molecule has 96 valence electrons. The molecule has 0 fully saturated rings. The first-order valence-corrected chi connectivity index (χ1v) is 6.81. The summed E-state index contributed by atoms with van der Waals surface area (Å²) < 4.78 is 10.8. The molecule has 0 radical (unpaired) electrons. The van der Waals surface area contributed by atoms with Crippen molar-refractivity contribution >= 4 is 12.6 Å². The van der Waals surface area contributed by atoms with Crippen LogP contribution in [0.4, 0.5) is 0 Å². The van der Waals surface area contributed by atoms with Gasteiger partial charge in [-0.05, 0) is 36.3 Å². The van der Waals surface area contributed by atoms with Crippen LogP contribution in [0.15, 0.2) is 24.3 Å². The zero-order chi connectivity index (χ0) is 12.3. The van der Waals surface area contributed by atoms with E-state index in [-0.39, 0.29) is 0 Å². The molecule has 3 heteroatoms. The molecule has 0 unspecified atom stereocenters. The topological polar surface area (TPSA) is 18.5 Å². The van der Waals surface area contributed by atoms with Gasteiger partial charge < -0.3 is 9.47 Å². The van der Waals surface area contributed by atoms with Crippen molar-refractivity contribution in [2.45, 2.75) is 32.3 Å². The van der Waals surface area contributed by atoms with Gasteiger partial charge in [0, 0.05) is 6.61 Å². The SMILES string of the molecule is COc1cccc(COCCCCCCS)c1. The van der Waals surface area contributed by atoms with Crippen LogP contribution >= 0.6 is 12.6 Å². The molecule has 0 heterocycles. The van der Waals surface area contributed by atoms with Gasteiger partial charge in [-0.15, -0.1) is 0 Å². The van der Waals surface area contributed by atoms with E-state index in [1.165, 1.54) is 24.8 Å². The van der Waals surface area contributed by atoms with Crippen molar-refractivity contribution in [1.82, 2.24) is 0 Å². The zero-order valence-corrected chi connectivity index (χ0v) is 11.4. The van der Waals surface area contributed by atoms with Crippen molar-refractivity contribution in [1.29, 1.82) is 0 Å². The highest BCUT2D eigenvalue weighted by atomic mass is 32.1. The van der Waals surface area contributed by atoms with Crippen LogP contribution in [0.5, 0.6) is 5.75 Å². The van der Waals surface area contributed by atoms with Crippen molar-refractivity contribution in [3.05, 3.63) is 29.8 Å². The molecule has 0 bridgehead atoms. The number of methoxy groups -OCH3 is 1. The lowest BCUT2D eigenvalue weighted by atomic mass is 10.2. The summed E-state index contributed by atoms with van der Waals surface area (Å²) >= 11 is 4.19. The average Bonchev–Trinajstić information content (AvgIpc) is 2.38. The Morgan fingerprint density at radius 3 is 2.71 bits per heavy atom. The van der Waals surface area contributed by atoms with Crippen LogP contribution in [0, 0.1) is 0 Å². The number of unbranched alkanes of at least 4 members (excludes halogenated alkanes) is 3. The summed E-state index contributed by atoms with van der Waals surface area (Å²) in [6.45, 7) is 1.51. The molecule has 0 amide bonds. The fraction of sp³-hybridized carbons (Fsp3) is 0.571. The van der Waals surface area contributed by atoms with Gasteiger partial charge >= 0.3 is 0 Å². The van der Waals surface area contributed by atoms with Gasteiger partial charge in [-0.2, -0.15) is 12.6 Å². The predicted molar refractivity (Wildman–Crippen MR) is 75.0 cm³/mol. The largest absolute Gasteiger partial charge is 0.497 e. The number of thiol groups is 1. The molecule has 17 heavy (non-hydrogen) atoms. The van der Waals surface area contributed by atoms with Crippen LogP contribution in [0.3, 0.4) is 0 Å². The van der Waals surface area contributed by atoms with Gasteiger partial charge in [0.05, 0.1) is 13.7 Å². The lowest BCUT2D eigenvalue weighted by molar-refractivity contribution is 0.116. The van der Waals surface area contributed by atoms with Crippen molar-refractivity contribution in [2.75, 3.05) is 19.5 Å². The molecule has 0 aliphatic carbocycles. The summed E-state index contributed by atoms with van der Waals surface area (Å²) in [7, 11) is 1.68. The summed E-state index contributed by atoms with van der Waals surface area (Å²) in [5, 5.41) is 0. The molecular formula is C14H22O2S. The van der Waals surface area contributed by atoms with Crippen LogP contribution in [0.1, 0.15) is 31.2 Å². The maximum Gasteiger partial charge on any atom is 0.119 e. The fourth-order valence-corrected chi connectivity index (χ4v) is 1.85. The van der Waals surface area contributed by atoms with Crippen LogP contribution in [-0.2, 0) is 11.3 Å². The Kier molecular flexibility index (Phi) is 7.93. The molecule has 0 aromatic heterocycles. The van der Waals surface area contributed by atoms with Crippen LogP contribution in [-0.4, -0.2) is 19.5 Å². The van der Waals surface area contributed by atoms with Gasteiger partial charge in [0.2, 0.25) is 0 Å². The van der Waals surface area contributed by atoms with Crippen LogP contribution in [0.25, 0.3) is 0 Å². The van der Waals surface area contributed by atoms with E-state index in [1.807, 2.05) is 18.2 Å². The first-order valence-electron chi connectivity index (χ1n) is 6.18. The Bertz CT molecular complexity index is 302. The van der Waals surface area contributed by atoms with Gasteiger partial charge in [0.1, 0.15) is 5.75 Å². The van der Waals surface area contributed by atoms with Crippen molar-refractivity contribution in [3.63, 3.8) is 0 Å². The molecule has 0 N–H and O–H groups in total. The molecule has 2 nitrogen and oxygen atoms in total. The van der Waals surface area contributed by atoms with Gasteiger partial charge in [-0.1, -0.05) is 25.0 Å². The summed E-state index contributed by atoms with van der Waals surface area (Å²) in [4.78, 5) is 0. The van der Waals surface area contributed by atoms with E-state index in [2.05, 4.69) is 18.7 Å². The van der Waals surface area contributed by atoms with Crippen molar-refractivity contribution in [3.8, 4) is 5.75 Å². The minimum Gasteiger partial charge on any atom is -0.497 e. The normalized spacial score (nSPS) is 10.5. The van der Waals surface area contributed by atoms with E-state index in [9.17, 15) is 0 Å². The molecule has 1 rings (SSSR count). The predicted octanol–water partition coefficient (Wildman–Crippen LogP) is 3.70. The standard InChI is InChI=1S/C14H22O2S/c1-15-14-8-6-7-13(11-14)12-16-9-4-2-3-5-10-17/h6-8,11,17H,2-5,9-10,12H2,1H3. The van der Waals surface area contributed by atoms with Crippen LogP contribution < -0.4 is 4.74 Å². The van der Waals surface area contributed by atoms with Gasteiger partial charge in [-0.25, -0.2) is 0 Å². The molecule has 0 saturated carbocycles. The van der Waals surface area contributed by atoms with E-state index in [1.54, 1.807) is 7.11 Å². The monoisotopic (exact) mass is 254 g/mol. The molecule has 0 spiro atoms. The second kappa shape index (κ2) is 9.37. The van der Waals surface area contributed by atoms with E-state index in [4.69, 9.17) is 9.47 Å². The Morgan fingerprint density at radius 1 is 1.12 bits per heavy atom. The Balaban J connectivity index is 2.09. The smallest absolute Gasteiger partial charge is 0.119 e. The molecule has 0 aliphatic rings. The Morgan fingerprint density at radius 2 is 1.94 bits per heavy atom. The molecule has 0 atom stereocenters. The van der Waals surface area contributed by atoms with Gasteiger partial charge in [0.25, 0.3) is 0 Å². The van der Waals surface area contributed by atoms with Crippen molar-refractivity contribution in [2.24, 2.45) is 0 Å². The Hall–Kier alpha value is -0.670. The summed E-state index contributed by atoms with van der Waals surface area (Å²) in [5.41, 5.74) is 1.17. The average molecular weight is 254 g/mol. The zero-order valence-electron chi connectivity index (χ0n) is 10.5. The summed E-state index contributed by atoms with van der Waals surface area (Å²) in [6.07, 6.45) is 4.83. The number of hydrogen-bond donors (Lipinski definition) is 1. The van der Waals surface area contributed by atoms with Gasteiger partial charge in [0.15, 0.2) is 0 Å². The third kappa shape index (κ3) is 6.59. The quantitative estimate of drug-likeness (QED) is 0.535. The minimum atomic E-state index is 0.670. The number of hydrogen-bond acceptors (Lipinski definition) is 3.